The van der Waals surface area contributed by atoms with E-state index in [9.17, 15) is 32.5 Å². The van der Waals surface area contributed by atoms with Crippen LogP contribution in [0.4, 0.5) is 4.79 Å². The van der Waals surface area contributed by atoms with Crippen LogP contribution in [0, 0.1) is 0 Å². The molecule has 0 aromatic heterocycles. The van der Waals surface area contributed by atoms with Crippen LogP contribution in [0.25, 0.3) is 0 Å². The first kappa shape index (κ1) is 34.8. The summed E-state index contributed by atoms with van der Waals surface area (Å²) in [5.41, 5.74) is -3.18. The third-order valence-corrected chi connectivity index (χ3v) is 8.46. The van der Waals surface area contributed by atoms with Crippen LogP contribution in [-0.2, 0) is 24.4 Å². The summed E-state index contributed by atoms with van der Waals surface area (Å²) in [5.74, 6) is -1.13. The van der Waals surface area contributed by atoms with Gasteiger partial charge in [-0.2, -0.15) is 0 Å². The quantitative estimate of drug-likeness (QED) is 0.274. The topological polar surface area (TPSA) is 174 Å². The molecule has 40 heavy (non-hydrogen) atoms. The monoisotopic (exact) mass is 609 g/mol. The number of carbonyl (C=O) groups excluding carboxylic acids is 3. The molecule has 1 aliphatic heterocycles. The zero-order chi connectivity index (χ0) is 28.5. The molecule has 4 N–H and O–H groups in total. The Balaban J connectivity index is 0.00000560. The summed E-state index contributed by atoms with van der Waals surface area (Å²) in [6, 6.07) is 5.47. The molecular weight excluding hydrogens is 573 g/mol. The van der Waals surface area contributed by atoms with Crippen molar-refractivity contribution in [3.05, 3.63) is 34.9 Å². The molecule has 2 aliphatic rings. The minimum atomic E-state index is -5.20. The van der Waals surface area contributed by atoms with Gasteiger partial charge in [-0.15, -0.1) is 0 Å². The summed E-state index contributed by atoms with van der Waals surface area (Å²) in [6.45, 7) is 0.401. The maximum Gasteiger partial charge on any atom is 1.00 e. The van der Waals surface area contributed by atoms with Gasteiger partial charge in [0.1, 0.15) is 21.8 Å². The number of hydrogen-bond donors (Lipinski definition) is 4. The van der Waals surface area contributed by atoms with Crippen molar-refractivity contribution < 1.29 is 66.8 Å². The number of halogens is 1. The van der Waals surface area contributed by atoms with Crippen molar-refractivity contribution in [1.82, 2.24) is 16.0 Å². The van der Waals surface area contributed by atoms with Crippen molar-refractivity contribution in [3.63, 3.8) is 0 Å². The number of nitrogens with one attached hydrogen (secondary N) is 3. The molecule has 1 heterocycles. The first-order valence-electron chi connectivity index (χ1n) is 13.4. The number of benzene rings is 1. The van der Waals surface area contributed by atoms with Gasteiger partial charge >= 0.3 is 35.7 Å². The second-order valence-corrected chi connectivity index (χ2v) is 12.2. The standard InChI is InChI=1S/C26H38ClN3O8S.Na/c27-19-10-8-9-18(17-19)21-11-4-1-2-7-16-28-22(31)13-12-20(23(32)39(35,36)37)29-24(33)26(30-25(34)38-21)14-5-3-6-15-26;/h8-10,17,20-21,23,32H,1-7,11-16H2,(H,28,31)(H,29,33)(H,30,34)(H,35,36,37);/q;+1/p-1/t20-,21?,23?;/m0./s1. The number of rotatable bonds is 3. The number of amides is 3. The number of hydrogen-bond acceptors (Lipinski definition) is 8. The van der Waals surface area contributed by atoms with E-state index in [1.165, 1.54) is 0 Å². The Bertz CT molecular complexity index is 1120. The van der Waals surface area contributed by atoms with E-state index < -0.39 is 45.2 Å². The van der Waals surface area contributed by atoms with Crippen LogP contribution < -0.4 is 45.5 Å². The summed E-state index contributed by atoms with van der Waals surface area (Å²) in [6.07, 6.45) is 4.28. The Morgan fingerprint density at radius 3 is 2.38 bits per heavy atom. The van der Waals surface area contributed by atoms with Crippen LogP contribution in [0.15, 0.2) is 24.3 Å². The molecule has 1 saturated heterocycles. The summed E-state index contributed by atoms with van der Waals surface area (Å²) in [4.78, 5) is 39.1. The molecule has 1 aliphatic carbocycles. The van der Waals surface area contributed by atoms with E-state index in [1.807, 2.05) is 6.07 Å². The molecule has 3 atom stereocenters. The third kappa shape index (κ3) is 10.5. The molecule has 0 bridgehead atoms. The third-order valence-electron chi connectivity index (χ3n) is 7.31. The Labute approximate surface area is 262 Å². The number of aliphatic hydroxyl groups excluding tert-OH is 1. The fourth-order valence-electron chi connectivity index (χ4n) is 5.12. The predicted octanol–water partition coefficient (Wildman–Crippen LogP) is 0.0231. The van der Waals surface area contributed by atoms with Gasteiger partial charge in [-0.3, -0.25) is 9.59 Å². The minimum absolute atomic E-state index is 0. The minimum Gasteiger partial charge on any atom is -0.746 e. The Morgan fingerprint density at radius 2 is 1.70 bits per heavy atom. The molecule has 2 fully saturated rings. The zero-order valence-electron chi connectivity index (χ0n) is 22.8. The maximum atomic E-state index is 13.5. The van der Waals surface area contributed by atoms with Crippen molar-refractivity contribution >= 4 is 39.6 Å². The molecule has 3 amide bonds. The average Bonchev–Trinajstić information content (AvgIpc) is 2.88. The van der Waals surface area contributed by atoms with E-state index in [0.717, 1.165) is 25.7 Å². The number of carbonyl (C=O) groups is 3. The SMILES string of the molecule is O=C1CC[C@@H](C(O)S(=O)(=O)[O-])NC(=O)C2(CCCCC2)NC(=O)OC(c2cccc(Cl)c2)CCCCCCN1.[Na+]. The van der Waals surface area contributed by atoms with Crippen molar-refractivity contribution in [2.24, 2.45) is 0 Å². The van der Waals surface area contributed by atoms with Gasteiger partial charge < -0.3 is 30.3 Å². The van der Waals surface area contributed by atoms with Gasteiger partial charge in [0.15, 0.2) is 5.44 Å². The zero-order valence-corrected chi connectivity index (χ0v) is 26.4. The average molecular weight is 610 g/mol. The Morgan fingerprint density at radius 1 is 1.02 bits per heavy atom. The fraction of sp³-hybridized carbons (Fsp3) is 0.654. The van der Waals surface area contributed by atoms with Gasteiger partial charge in [-0.05, 0) is 56.2 Å². The molecule has 218 valence electrons. The molecule has 11 nitrogen and oxygen atoms in total. The van der Waals surface area contributed by atoms with Gasteiger partial charge in [-0.25, -0.2) is 13.2 Å². The van der Waals surface area contributed by atoms with Crippen LogP contribution in [0.1, 0.15) is 88.7 Å². The smallest absolute Gasteiger partial charge is 0.746 e. The van der Waals surface area contributed by atoms with Crippen LogP contribution in [-0.4, -0.2) is 59.5 Å². The van der Waals surface area contributed by atoms with Crippen LogP contribution >= 0.6 is 11.6 Å². The van der Waals surface area contributed by atoms with Crippen molar-refractivity contribution in [2.45, 2.75) is 100 Å². The number of cyclic esters (lactones) is 1. The fourth-order valence-corrected chi connectivity index (χ4v) is 5.93. The van der Waals surface area contributed by atoms with Gasteiger partial charge in [0.2, 0.25) is 11.8 Å². The van der Waals surface area contributed by atoms with Crippen molar-refractivity contribution in [1.29, 1.82) is 0 Å². The predicted molar refractivity (Wildman–Crippen MR) is 143 cm³/mol. The summed E-state index contributed by atoms with van der Waals surface area (Å²) in [7, 11) is -5.20. The van der Waals surface area contributed by atoms with E-state index in [0.29, 0.717) is 42.8 Å². The van der Waals surface area contributed by atoms with Crippen molar-refractivity contribution in [3.8, 4) is 0 Å². The molecule has 0 radical (unpaired) electrons. The summed E-state index contributed by atoms with van der Waals surface area (Å²) >= 11 is 6.17. The van der Waals surface area contributed by atoms with Gasteiger partial charge in [0.05, 0.1) is 6.04 Å². The number of alkyl carbamates (subject to hydrolysis) is 1. The molecule has 1 aromatic rings. The first-order valence-corrected chi connectivity index (χ1v) is 15.3. The second kappa shape index (κ2) is 16.3. The Hall–Kier alpha value is -1.41. The van der Waals surface area contributed by atoms with Crippen LogP contribution in [0.5, 0.6) is 0 Å². The molecule has 3 rings (SSSR count). The number of aliphatic hydroxyl groups is 1. The largest absolute Gasteiger partial charge is 1.00 e. The van der Waals surface area contributed by atoms with Gasteiger partial charge in [-0.1, -0.05) is 55.8 Å². The summed E-state index contributed by atoms with van der Waals surface area (Å²) < 4.78 is 40.6. The van der Waals surface area contributed by atoms with E-state index in [-0.39, 0.29) is 61.1 Å². The Kier molecular flexibility index (Phi) is 14.2. The summed E-state index contributed by atoms with van der Waals surface area (Å²) in [5, 5.41) is 18.6. The van der Waals surface area contributed by atoms with Crippen LogP contribution in [0.3, 0.4) is 0 Å². The van der Waals surface area contributed by atoms with E-state index in [4.69, 9.17) is 16.3 Å². The number of ether oxygens (including phenoxy) is 1. The van der Waals surface area contributed by atoms with Crippen LogP contribution in [0.2, 0.25) is 5.02 Å². The molecule has 1 saturated carbocycles. The van der Waals surface area contributed by atoms with E-state index >= 15 is 0 Å². The van der Waals surface area contributed by atoms with E-state index in [1.54, 1.807) is 18.2 Å². The van der Waals surface area contributed by atoms with E-state index in [2.05, 4.69) is 16.0 Å². The molecule has 14 heteroatoms. The molecule has 2 unspecified atom stereocenters. The molecule has 1 spiro atoms. The maximum absolute atomic E-state index is 13.5. The molecule has 1 aromatic carbocycles. The first-order chi connectivity index (χ1) is 18.5. The van der Waals surface area contributed by atoms with Gasteiger partial charge in [0.25, 0.3) is 0 Å². The normalized spacial score (nSPS) is 24.6. The van der Waals surface area contributed by atoms with Crippen molar-refractivity contribution in [2.75, 3.05) is 6.54 Å². The second-order valence-electron chi connectivity index (χ2n) is 10.3. The molecular formula is C26H37ClN3NaO8S. The van der Waals surface area contributed by atoms with Gasteiger partial charge in [0, 0.05) is 18.0 Å².